The second-order valence-electron chi connectivity index (χ2n) is 6.68. The monoisotopic (exact) mass is 380 g/mol. The summed E-state index contributed by atoms with van der Waals surface area (Å²) < 4.78 is 29.3. The Morgan fingerprint density at radius 2 is 1.89 bits per heavy atom. The molecule has 28 heavy (non-hydrogen) atoms. The standard InChI is InChI=1S/C19H14F2N6O/c1-9-22-8-23-27(9)18-16(10-2-4-11(20)5-3-10)24-14-7-12(21)6-13-15(14)17(18)25-26-19(13)28/h2-8,16,18,24H,1H3,(H,26,28). The summed E-state index contributed by atoms with van der Waals surface area (Å²) in [6.07, 6.45) is 1.43. The lowest BCUT2D eigenvalue weighted by molar-refractivity contribution is 0.436. The fraction of sp³-hybridized carbons (Fsp3) is 0.158. The molecule has 2 aromatic carbocycles. The van der Waals surface area contributed by atoms with E-state index in [0.29, 0.717) is 22.6 Å². The number of hydrogen-bond donors (Lipinski definition) is 2. The molecular weight excluding hydrogens is 366 g/mol. The van der Waals surface area contributed by atoms with Crippen LogP contribution in [0.25, 0.3) is 10.8 Å². The lowest BCUT2D eigenvalue weighted by atomic mass is 9.89. The van der Waals surface area contributed by atoms with E-state index in [1.807, 2.05) is 0 Å². The molecule has 5 rings (SSSR count). The molecule has 2 N–H and O–H groups in total. The average molecular weight is 380 g/mol. The van der Waals surface area contributed by atoms with Gasteiger partial charge in [-0.25, -0.2) is 23.5 Å². The highest BCUT2D eigenvalue weighted by Crippen LogP contribution is 2.44. The maximum Gasteiger partial charge on any atom is 0.272 e. The minimum absolute atomic E-state index is 0.202. The molecule has 140 valence electrons. The summed E-state index contributed by atoms with van der Waals surface area (Å²) in [5.74, 6) is -0.249. The summed E-state index contributed by atoms with van der Waals surface area (Å²) >= 11 is 0. The summed E-state index contributed by atoms with van der Waals surface area (Å²) in [6, 6.07) is 7.63. The minimum Gasteiger partial charge on any atom is -0.375 e. The van der Waals surface area contributed by atoms with Gasteiger partial charge < -0.3 is 5.32 Å². The lowest BCUT2D eigenvalue weighted by Gasteiger charge is -2.34. The number of benzene rings is 2. The van der Waals surface area contributed by atoms with Gasteiger partial charge in [0.2, 0.25) is 0 Å². The van der Waals surface area contributed by atoms with E-state index in [2.05, 4.69) is 25.6 Å². The van der Waals surface area contributed by atoms with Crippen molar-refractivity contribution in [3.05, 3.63) is 81.8 Å². The van der Waals surface area contributed by atoms with Crippen molar-refractivity contribution in [3.8, 4) is 0 Å². The third kappa shape index (κ3) is 2.39. The van der Waals surface area contributed by atoms with Crippen molar-refractivity contribution in [1.29, 1.82) is 0 Å². The molecule has 0 radical (unpaired) electrons. The quantitative estimate of drug-likeness (QED) is 0.558. The fourth-order valence-corrected chi connectivity index (χ4v) is 3.79. The number of aryl methyl sites for hydroxylation is 1. The number of rotatable bonds is 2. The van der Waals surface area contributed by atoms with Gasteiger partial charge in [0.25, 0.3) is 5.56 Å². The Bertz CT molecular complexity index is 1260. The zero-order valence-electron chi connectivity index (χ0n) is 14.6. The smallest absolute Gasteiger partial charge is 0.272 e. The number of nitrogens with one attached hydrogen (secondary N) is 2. The molecule has 1 aliphatic rings. The summed E-state index contributed by atoms with van der Waals surface area (Å²) in [7, 11) is 0. The van der Waals surface area contributed by atoms with Crippen molar-refractivity contribution in [2.24, 2.45) is 0 Å². The van der Waals surface area contributed by atoms with E-state index < -0.39 is 23.5 Å². The molecule has 0 aliphatic carbocycles. The van der Waals surface area contributed by atoms with Gasteiger partial charge in [-0.2, -0.15) is 10.2 Å². The van der Waals surface area contributed by atoms with Crippen molar-refractivity contribution >= 4 is 16.5 Å². The van der Waals surface area contributed by atoms with Gasteiger partial charge >= 0.3 is 0 Å². The van der Waals surface area contributed by atoms with Gasteiger partial charge in [-0.05, 0) is 36.8 Å². The van der Waals surface area contributed by atoms with Crippen LogP contribution in [-0.2, 0) is 0 Å². The van der Waals surface area contributed by atoms with Gasteiger partial charge in [-0.3, -0.25) is 4.79 Å². The molecule has 7 nitrogen and oxygen atoms in total. The van der Waals surface area contributed by atoms with Crippen molar-refractivity contribution < 1.29 is 8.78 Å². The van der Waals surface area contributed by atoms with Crippen molar-refractivity contribution in [1.82, 2.24) is 25.0 Å². The van der Waals surface area contributed by atoms with E-state index in [1.165, 1.54) is 30.6 Å². The molecular formula is C19H14F2N6O. The summed E-state index contributed by atoms with van der Waals surface area (Å²) in [4.78, 5) is 16.4. The van der Waals surface area contributed by atoms with Crippen LogP contribution >= 0.6 is 0 Å². The number of halogens is 2. The Kier molecular flexibility index (Phi) is 3.51. The molecule has 3 heterocycles. The largest absolute Gasteiger partial charge is 0.375 e. The topological polar surface area (TPSA) is 88.5 Å². The van der Waals surface area contributed by atoms with Crippen LogP contribution in [0.15, 0.2) is 47.5 Å². The molecule has 0 fully saturated rings. The molecule has 2 unspecified atom stereocenters. The van der Waals surface area contributed by atoms with Crippen molar-refractivity contribution in [2.45, 2.75) is 19.0 Å². The zero-order chi connectivity index (χ0) is 19.4. The highest BCUT2D eigenvalue weighted by atomic mass is 19.1. The van der Waals surface area contributed by atoms with Crippen molar-refractivity contribution in [3.63, 3.8) is 0 Å². The van der Waals surface area contributed by atoms with Crippen LogP contribution in [-0.4, -0.2) is 25.0 Å². The molecule has 1 aliphatic heterocycles. The lowest BCUT2D eigenvalue weighted by Crippen LogP contribution is -2.32. The summed E-state index contributed by atoms with van der Waals surface area (Å²) in [5.41, 5.74) is 1.27. The first-order valence-corrected chi connectivity index (χ1v) is 8.63. The summed E-state index contributed by atoms with van der Waals surface area (Å²) in [5, 5.41) is 15.1. The van der Waals surface area contributed by atoms with Gasteiger partial charge in [0.1, 0.15) is 29.8 Å². The van der Waals surface area contributed by atoms with E-state index in [9.17, 15) is 13.6 Å². The maximum absolute atomic E-state index is 14.1. The number of aromatic amines is 1. The highest BCUT2D eigenvalue weighted by molar-refractivity contribution is 5.97. The second kappa shape index (κ2) is 5.95. The van der Waals surface area contributed by atoms with Crippen LogP contribution in [0.4, 0.5) is 14.5 Å². The molecule has 9 heteroatoms. The molecule has 0 saturated heterocycles. The number of anilines is 1. The van der Waals surface area contributed by atoms with E-state index in [4.69, 9.17) is 0 Å². The predicted molar refractivity (Wildman–Crippen MR) is 98.0 cm³/mol. The normalized spacial score (nSPS) is 18.2. The Hall–Kier alpha value is -3.62. The number of hydrogen-bond acceptors (Lipinski definition) is 5. The summed E-state index contributed by atoms with van der Waals surface area (Å²) in [6.45, 7) is 1.80. The van der Waals surface area contributed by atoms with Gasteiger partial charge in [0.15, 0.2) is 0 Å². The molecule has 0 spiro atoms. The van der Waals surface area contributed by atoms with Gasteiger partial charge in [-0.1, -0.05) is 12.1 Å². The Labute approximate surface area is 157 Å². The molecule has 0 bridgehead atoms. The molecule has 2 atom stereocenters. The van der Waals surface area contributed by atoms with Gasteiger partial charge in [0, 0.05) is 11.1 Å². The number of nitrogens with zero attached hydrogens (tertiary/aromatic N) is 4. The molecule has 2 aromatic heterocycles. The van der Waals surface area contributed by atoms with Crippen LogP contribution in [0, 0.1) is 18.6 Å². The van der Waals surface area contributed by atoms with Crippen molar-refractivity contribution in [2.75, 3.05) is 5.32 Å². The van der Waals surface area contributed by atoms with Crippen LogP contribution in [0.3, 0.4) is 0 Å². The zero-order valence-corrected chi connectivity index (χ0v) is 14.6. The maximum atomic E-state index is 14.1. The van der Waals surface area contributed by atoms with Gasteiger partial charge in [-0.15, -0.1) is 0 Å². The third-order valence-corrected chi connectivity index (χ3v) is 5.03. The Morgan fingerprint density at radius 3 is 2.61 bits per heavy atom. The van der Waals surface area contributed by atoms with Crippen LogP contribution < -0.4 is 10.9 Å². The van der Waals surface area contributed by atoms with Crippen LogP contribution in [0.5, 0.6) is 0 Å². The predicted octanol–water partition coefficient (Wildman–Crippen LogP) is 2.86. The molecule has 4 aromatic rings. The first-order chi connectivity index (χ1) is 13.5. The van der Waals surface area contributed by atoms with Gasteiger partial charge in [0.05, 0.1) is 17.1 Å². The molecule has 0 amide bonds. The number of aromatic nitrogens is 5. The Morgan fingerprint density at radius 1 is 1.11 bits per heavy atom. The van der Waals surface area contributed by atoms with E-state index in [0.717, 1.165) is 5.56 Å². The first kappa shape index (κ1) is 16.5. The third-order valence-electron chi connectivity index (χ3n) is 5.03. The SMILES string of the molecule is Cc1ncnn1C1c2n[nH]c(=O)c3cc(F)cc(c23)NC1c1ccc(F)cc1. The molecule has 0 saturated carbocycles. The second-order valence-corrected chi connectivity index (χ2v) is 6.68. The van der Waals surface area contributed by atoms with Crippen LogP contribution in [0.1, 0.15) is 29.2 Å². The Balaban J connectivity index is 1.82. The van der Waals surface area contributed by atoms with E-state index >= 15 is 0 Å². The van der Waals surface area contributed by atoms with E-state index in [1.54, 1.807) is 23.7 Å². The average Bonchev–Trinajstić information content (AvgIpc) is 3.10. The van der Waals surface area contributed by atoms with Crippen LogP contribution in [0.2, 0.25) is 0 Å². The van der Waals surface area contributed by atoms with E-state index in [-0.39, 0.29) is 11.2 Å². The fourth-order valence-electron chi connectivity index (χ4n) is 3.79. The highest BCUT2D eigenvalue weighted by Gasteiger charge is 2.36. The number of H-pyrrole nitrogens is 1. The minimum atomic E-state index is -0.536. The first-order valence-electron chi connectivity index (χ1n) is 8.63.